The fourth-order valence-electron chi connectivity index (χ4n) is 2.10. The summed E-state index contributed by atoms with van der Waals surface area (Å²) in [6.45, 7) is 8.42. The van der Waals surface area contributed by atoms with E-state index in [4.69, 9.17) is 4.74 Å². The average Bonchev–Trinajstić information content (AvgIpc) is 2.51. The molecule has 2 aromatic rings. The van der Waals surface area contributed by atoms with Crippen LogP contribution in [-0.4, -0.2) is 48.2 Å². The van der Waals surface area contributed by atoms with Gasteiger partial charge in [-0.3, -0.25) is 0 Å². The van der Waals surface area contributed by atoms with Crippen molar-refractivity contribution in [2.75, 3.05) is 38.6 Å². The van der Waals surface area contributed by atoms with Gasteiger partial charge in [-0.05, 0) is 25.2 Å². The van der Waals surface area contributed by atoms with Gasteiger partial charge in [0.1, 0.15) is 5.82 Å². The number of rotatable bonds is 7. The van der Waals surface area contributed by atoms with Gasteiger partial charge in [0.05, 0.1) is 18.8 Å². The number of nitrogens with one attached hydrogen (secondary N) is 1. The Labute approximate surface area is 120 Å². The summed E-state index contributed by atoms with van der Waals surface area (Å²) in [7, 11) is 1.62. The second-order valence-corrected chi connectivity index (χ2v) is 4.57. The number of anilines is 1. The SMILES string of the molecule is CCN(CC)CCNc1cc2ccc(OC)nc2cn1. The molecule has 0 bridgehead atoms. The molecule has 0 aliphatic carbocycles. The first-order valence-corrected chi connectivity index (χ1v) is 7.03. The van der Waals surface area contributed by atoms with Gasteiger partial charge in [-0.1, -0.05) is 13.8 Å². The summed E-state index contributed by atoms with van der Waals surface area (Å²) in [4.78, 5) is 11.1. The third-order valence-corrected chi connectivity index (χ3v) is 3.39. The second kappa shape index (κ2) is 7.05. The van der Waals surface area contributed by atoms with Crippen molar-refractivity contribution < 1.29 is 4.74 Å². The molecule has 2 rings (SSSR count). The molecule has 0 unspecified atom stereocenters. The van der Waals surface area contributed by atoms with Crippen molar-refractivity contribution in [1.82, 2.24) is 14.9 Å². The normalized spacial score (nSPS) is 11.0. The maximum absolute atomic E-state index is 5.11. The smallest absolute Gasteiger partial charge is 0.213 e. The van der Waals surface area contributed by atoms with Crippen molar-refractivity contribution in [3.05, 3.63) is 24.4 Å². The van der Waals surface area contributed by atoms with Crippen molar-refractivity contribution in [2.24, 2.45) is 0 Å². The zero-order valence-corrected chi connectivity index (χ0v) is 12.4. The molecule has 0 aliphatic heterocycles. The molecule has 1 N–H and O–H groups in total. The van der Waals surface area contributed by atoms with E-state index in [-0.39, 0.29) is 0 Å². The number of hydrogen-bond acceptors (Lipinski definition) is 5. The summed E-state index contributed by atoms with van der Waals surface area (Å²) < 4.78 is 5.11. The van der Waals surface area contributed by atoms with E-state index in [0.717, 1.165) is 42.9 Å². The van der Waals surface area contributed by atoms with Gasteiger partial charge in [0, 0.05) is 24.5 Å². The lowest BCUT2D eigenvalue weighted by Gasteiger charge is -2.18. The lowest BCUT2D eigenvalue weighted by Crippen LogP contribution is -2.28. The predicted octanol–water partition coefficient (Wildman–Crippen LogP) is 2.39. The predicted molar refractivity (Wildman–Crippen MR) is 82.4 cm³/mol. The molecular weight excluding hydrogens is 252 g/mol. The molecule has 20 heavy (non-hydrogen) atoms. The second-order valence-electron chi connectivity index (χ2n) is 4.57. The van der Waals surface area contributed by atoms with Crippen LogP contribution in [0.5, 0.6) is 5.88 Å². The minimum absolute atomic E-state index is 0.613. The van der Waals surface area contributed by atoms with E-state index in [1.165, 1.54) is 0 Å². The van der Waals surface area contributed by atoms with Crippen LogP contribution in [0, 0.1) is 0 Å². The molecule has 0 atom stereocenters. The largest absolute Gasteiger partial charge is 0.481 e. The number of methoxy groups -OCH3 is 1. The molecule has 2 heterocycles. The van der Waals surface area contributed by atoms with E-state index in [9.17, 15) is 0 Å². The van der Waals surface area contributed by atoms with Crippen molar-refractivity contribution in [1.29, 1.82) is 0 Å². The molecule has 0 saturated heterocycles. The highest BCUT2D eigenvalue weighted by molar-refractivity contribution is 5.80. The number of ether oxygens (including phenoxy) is 1. The van der Waals surface area contributed by atoms with Crippen LogP contribution in [0.1, 0.15) is 13.8 Å². The third-order valence-electron chi connectivity index (χ3n) is 3.39. The first-order chi connectivity index (χ1) is 9.76. The van der Waals surface area contributed by atoms with E-state index in [2.05, 4.69) is 34.0 Å². The number of likely N-dealkylation sites (N-methyl/N-ethyl adjacent to an activating group) is 1. The van der Waals surface area contributed by atoms with Gasteiger partial charge in [0.2, 0.25) is 5.88 Å². The Morgan fingerprint density at radius 1 is 1.25 bits per heavy atom. The molecule has 108 valence electrons. The quantitative estimate of drug-likeness (QED) is 0.840. The summed E-state index contributed by atoms with van der Waals surface area (Å²) in [5.74, 6) is 1.50. The zero-order valence-electron chi connectivity index (χ0n) is 12.4. The van der Waals surface area contributed by atoms with Gasteiger partial charge in [-0.2, -0.15) is 0 Å². The Morgan fingerprint density at radius 2 is 2.05 bits per heavy atom. The van der Waals surface area contributed by atoms with E-state index in [1.54, 1.807) is 13.3 Å². The first kappa shape index (κ1) is 14.5. The van der Waals surface area contributed by atoms with Crippen LogP contribution in [-0.2, 0) is 0 Å². The highest BCUT2D eigenvalue weighted by Gasteiger charge is 2.02. The maximum Gasteiger partial charge on any atom is 0.213 e. The van der Waals surface area contributed by atoms with E-state index < -0.39 is 0 Å². The summed E-state index contributed by atoms with van der Waals surface area (Å²) in [5, 5.41) is 4.41. The molecule has 0 fully saturated rings. The van der Waals surface area contributed by atoms with Crippen LogP contribution in [0.25, 0.3) is 10.9 Å². The molecular formula is C15H22N4O. The molecule has 0 spiro atoms. The third kappa shape index (κ3) is 3.57. The number of hydrogen-bond donors (Lipinski definition) is 1. The topological polar surface area (TPSA) is 50.3 Å². The lowest BCUT2D eigenvalue weighted by molar-refractivity contribution is 0.316. The highest BCUT2D eigenvalue weighted by atomic mass is 16.5. The Balaban J connectivity index is 2.01. The summed E-state index contributed by atoms with van der Waals surface area (Å²) in [6, 6.07) is 5.88. The summed E-state index contributed by atoms with van der Waals surface area (Å²) >= 11 is 0. The Kier molecular flexibility index (Phi) is 5.12. The number of pyridine rings is 2. The molecule has 5 heteroatoms. The molecule has 0 aromatic carbocycles. The minimum Gasteiger partial charge on any atom is -0.481 e. The molecule has 2 aromatic heterocycles. The fourth-order valence-corrected chi connectivity index (χ4v) is 2.10. The Morgan fingerprint density at radius 3 is 2.75 bits per heavy atom. The molecule has 0 amide bonds. The monoisotopic (exact) mass is 274 g/mol. The van der Waals surface area contributed by atoms with Gasteiger partial charge in [-0.25, -0.2) is 9.97 Å². The van der Waals surface area contributed by atoms with Gasteiger partial charge in [0.25, 0.3) is 0 Å². The van der Waals surface area contributed by atoms with Crippen LogP contribution in [0.15, 0.2) is 24.4 Å². The highest BCUT2D eigenvalue weighted by Crippen LogP contribution is 2.18. The number of fused-ring (bicyclic) bond motifs is 1. The Bertz CT molecular complexity index is 555. The standard InChI is InChI=1S/C15H22N4O/c1-4-19(5-2)9-8-16-14-10-12-6-7-15(20-3)18-13(12)11-17-14/h6-7,10-11H,4-5,8-9H2,1-3H3,(H,16,17). The van der Waals surface area contributed by atoms with Gasteiger partial charge >= 0.3 is 0 Å². The van der Waals surface area contributed by atoms with Crippen LogP contribution in [0.3, 0.4) is 0 Å². The Hall–Kier alpha value is -1.88. The van der Waals surface area contributed by atoms with Crippen molar-refractivity contribution >= 4 is 16.7 Å². The van der Waals surface area contributed by atoms with Crippen LogP contribution >= 0.6 is 0 Å². The first-order valence-electron chi connectivity index (χ1n) is 7.03. The summed E-state index contributed by atoms with van der Waals surface area (Å²) in [5.41, 5.74) is 0.846. The lowest BCUT2D eigenvalue weighted by atomic mass is 10.2. The average molecular weight is 274 g/mol. The molecule has 0 saturated carbocycles. The van der Waals surface area contributed by atoms with E-state index >= 15 is 0 Å². The van der Waals surface area contributed by atoms with Crippen molar-refractivity contribution in [3.63, 3.8) is 0 Å². The summed E-state index contributed by atoms with van der Waals surface area (Å²) in [6.07, 6.45) is 1.78. The molecule has 5 nitrogen and oxygen atoms in total. The van der Waals surface area contributed by atoms with Crippen LogP contribution < -0.4 is 10.1 Å². The van der Waals surface area contributed by atoms with E-state index in [0.29, 0.717) is 5.88 Å². The minimum atomic E-state index is 0.613. The molecule has 0 radical (unpaired) electrons. The number of aromatic nitrogens is 2. The van der Waals surface area contributed by atoms with Crippen LogP contribution in [0.4, 0.5) is 5.82 Å². The van der Waals surface area contributed by atoms with Crippen molar-refractivity contribution in [3.8, 4) is 5.88 Å². The van der Waals surface area contributed by atoms with Gasteiger partial charge in [0.15, 0.2) is 0 Å². The van der Waals surface area contributed by atoms with Gasteiger partial charge < -0.3 is 15.0 Å². The number of nitrogens with zero attached hydrogens (tertiary/aromatic N) is 3. The maximum atomic E-state index is 5.11. The molecule has 0 aliphatic rings. The zero-order chi connectivity index (χ0) is 14.4. The van der Waals surface area contributed by atoms with Crippen molar-refractivity contribution in [2.45, 2.75) is 13.8 Å². The fraction of sp³-hybridized carbons (Fsp3) is 0.467. The van der Waals surface area contributed by atoms with E-state index in [1.807, 2.05) is 18.2 Å². The van der Waals surface area contributed by atoms with Gasteiger partial charge in [-0.15, -0.1) is 0 Å². The van der Waals surface area contributed by atoms with Crippen LogP contribution in [0.2, 0.25) is 0 Å².